The minimum Gasteiger partial charge on any atom is -0.299 e. The van der Waals surface area contributed by atoms with E-state index < -0.39 is 17.7 Å². The second-order valence-corrected chi connectivity index (χ2v) is 6.40. The third-order valence-corrected chi connectivity index (χ3v) is 4.68. The summed E-state index contributed by atoms with van der Waals surface area (Å²) in [6.45, 7) is 1.49. The number of ketones is 1. The van der Waals surface area contributed by atoms with Crippen LogP contribution < -0.4 is 0 Å². The molecule has 0 aromatic heterocycles. The van der Waals surface area contributed by atoms with Crippen molar-refractivity contribution in [3.8, 4) is 0 Å². The van der Waals surface area contributed by atoms with E-state index in [1.165, 1.54) is 36.6 Å². The molecule has 126 valence electrons. The average molecular weight is 332 g/mol. The van der Waals surface area contributed by atoms with E-state index in [1.807, 2.05) is 6.07 Å². The Morgan fingerprint density at radius 1 is 0.917 bits per heavy atom. The van der Waals surface area contributed by atoms with Crippen molar-refractivity contribution in [2.75, 3.05) is 0 Å². The number of carbonyl (C=O) groups excluding carboxylic acids is 1. The minimum atomic E-state index is -4.37. The quantitative estimate of drug-likeness (QED) is 0.745. The second kappa shape index (κ2) is 6.42. The van der Waals surface area contributed by atoms with Crippen LogP contribution in [-0.4, -0.2) is 5.78 Å². The molecule has 0 fully saturated rings. The maximum Gasteiger partial charge on any atom is 0.416 e. The van der Waals surface area contributed by atoms with Gasteiger partial charge in [-0.05, 0) is 67.0 Å². The number of fused-ring (bicyclic) bond motifs is 1. The third kappa shape index (κ3) is 3.37. The van der Waals surface area contributed by atoms with Crippen LogP contribution in [0.25, 0.3) is 0 Å². The summed E-state index contributed by atoms with van der Waals surface area (Å²) in [5.41, 5.74) is 3.35. The van der Waals surface area contributed by atoms with Gasteiger partial charge in [0.05, 0.1) is 11.5 Å². The smallest absolute Gasteiger partial charge is 0.299 e. The molecule has 0 aliphatic heterocycles. The fourth-order valence-electron chi connectivity index (χ4n) is 3.46. The maximum absolute atomic E-state index is 12.7. The van der Waals surface area contributed by atoms with E-state index in [9.17, 15) is 18.0 Å². The Labute approximate surface area is 139 Å². The van der Waals surface area contributed by atoms with Crippen molar-refractivity contribution in [2.45, 2.75) is 44.7 Å². The van der Waals surface area contributed by atoms with E-state index in [2.05, 4.69) is 12.1 Å². The van der Waals surface area contributed by atoms with Crippen molar-refractivity contribution in [3.05, 3.63) is 70.3 Å². The van der Waals surface area contributed by atoms with E-state index in [-0.39, 0.29) is 5.78 Å². The van der Waals surface area contributed by atoms with Crippen LogP contribution in [0, 0.1) is 0 Å². The molecule has 0 heterocycles. The fraction of sp³-hybridized carbons (Fsp3) is 0.350. The van der Waals surface area contributed by atoms with Gasteiger partial charge in [0.2, 0.25) is 0 Å². The molecule has 1 atom stereocenters. The highest BCUT2D eigenvalue weighted by Crippen LogP contribution is 2.33. The molecule has 2 aromatic rings. The molecular weight excluding hydrogens is 313 g/mol. The first-order valence-electron chi connectivity index (χ1n) is 8.15. The summed E-state index contributed by atoms with van der Waals surface area (Å²) < 4.78 is 38.2. The first-order chi connectivity index (χ1) is 11.4. The van der Waals surface area contributed by atoms with Gasteiger partial charge >= 0.3 is 6.18 Å². The molecular formula is C20H19F3O. The van der Waals surface area contributed by atoms with E-state index in [1.54, 1.807) is 0 Å². The zero-order valence-corrected chi connectivity index (χ0v) is 13.5. The number of aryl methyl sites for hydroxylation is 2. The van der Waals surface area contributed by atoms with Gasteiger partial charge in [0.15, 0.2) is 0 Å². The molecule has 0 bridgehead atoms. The Balaban J connectivity index is 1.97. The van der Waals surface area contributed by atoms with Crippen molar-refractivity contribution >= 4 is 5.78 Å². The molecule has 0 saturated heterocycles. The van der Waals surface area contributed by atoms with Gasteiger partial charge in [0, 0.05) is 0 Å². The Hall–Kier alpha value is -2.10. The number of benzene rings is 2. The normalized spacial score (nSPS) is 15.7. The van der Waals surface area contributed by atoms with Crippen molar-refractivity contribution in [1.82, 2.24) is 0 Å². The van der Waals surface area contributed by atoms with Crippen molar-refractivity contribution in [1.29, 1.82) is 0 Å². The van der Waals surface area contributed by atoms with Crippen LogP contribution in [0.4, 0.5) is 13.2 Å². The van der Waals surface area contributed by atoms with Crippen LogP contribution in [0.2, 0.25) is 0 Å². The molecule has 3 rings (SSSR count). The van der Waals surface area contributed by atoms with Gasteiger partial charge in [-0.25, -0.2) is 0 Å². The zero-order valence-electron chi connectivity index (χ0n) is 13.5. The van der Waals surface area contributed by atoms with Gasteiger partial charge in [-0.15, -0.1) is 0 Å². The summed E-state index contributed by atoms with van der Waals surface area (Å²) in [7, 11) is 0. The van der Waals surface area contributed by atoms with Gasteiger partial charge in [0.25, 0.3) is 0 Å². The second-order valence-electron chi connectivity index (χ2n) is 6.40. The van der Waals surface area contributed by atoms with Crippen LogP contribution in [0.15, 0.2) is 42.5 Å². The summed E-state index contributed by atoms with van der Waals surface area (Å²) in [4.78, 5) is 12.2. The number of hydrogen-bond donors (Lipinski definition) is 0. The lowest BCUT2D eigenvalue weighted by Crippen LogP contribution is -2.13. The Bertz CT molecular complexity index is 744. The van der Waals surface area contributed by atoms with Gasteiger partial charge in [-0.2, -0.15) is 13.2 Å². The number of alkyl halides is 3. The average Bonchev–Trinajstić information content (AvgIpc) is 2.54. The van der Waals surface area contributed by atoms with E-state index in [0.717, 1.165) is 37.0 Å². The number of rotatable bonds is 3. The molecule has 0 radical (unpaired) electrons. The number of carbonyl (C=O) groups is 1. The lowest BCUT2D eigenvalue weighted by atomic mass is 9.83. The lowest BCUT2D eigenvalue weighted by Gasteiger charge is -2.21. The molecule has 0 amide bonds. The SMILES string of the molecule is CC(=O)C(c1ccc(C(F)(F)F)cc1)c1ccc2c(c1)CCCC2. The first-order valence-corrected chi connectivity index (χ1v) is 8.15. The molecule has 2 aromatic carbocycles. The monoisotopic (exact) mass is 332 g/mol. The molecule has 1 aliphatic rings. The van der Waals surface area contributed by atoms with Crippen LogP contribution in [-0.2, 0) is 23.8 Å². The molecule has 1 nitrogen and oxygen atoms in total. The maximum atomic E-state index is 12.7. The minimum absolute atomic E-state index is 0.0643. The molecule has 1 aliphatic carbocycles. The van der Waals surface area contributed by atoms with Crippen LogP contribution in [0.5, 0.6) is 0 Å². The molecule has 1 unspecified atom stereocenters. The Kier molecular flexibility index (Phi) is 4.48. The summed E-state index contributed by atoms with van der Waals surface area (Å²) in [5, 5.41) is 0. The predicted octanol–water partition coefficient (Wildman–Crippen LogP) is 5.31. The molecule has 24 heavy (non-hydrogen) atoms. The van der Waals surface area contributed by atoms with Gasteiger partial charge < -0.3 is 0 Å². The topological polar surface area (TPSA) is 17.1 Å². The van der Waals surface area contributed by atoms with Crippen LogP contribution in [0.1, 0.15) is 53.5 Å². The lowest BCUT2D eigenvalue weighted by molar-refractivity contribution is -0.137. The number of hydrogen-bond acceptors (Lipinski definition) is 1. The van der Waals surface area contributed by atoms with Gasteiger partial charge in [-0.3, -0.25) is 4.79 Å². The van der Waals surface area contributed by atoms with E-state index in [0.29, 0.717) is 5.56 Å². The molecule has 0 spiro atoms. The highest BCUT2D eigenvalue weighted by atomic mass is 19.4. The Morgan fingerprint density at radius 2 is 1.50 bits per heavy atom. The highest BCUT2D eigenvalue weighted by Gasteiger charge is 2.30. The molecule has 0 N–H and O–H groups in total. The van der Waals surface area contributed by atoms with Gasteiger partial charge in [0.1, 0.15) is 5.78 Å². The van der Waals surface area contributed by atoms with Crippen LogP contribution >= 0.6 is 0 Å². The van der Waals surface area contributed by atoms with Crippen molar-refractivity contribution in [2.24, 2.45) is 0 Å². The third-order valence-electron chi connectivity index (χ3n) is 4.68. The largest absolute Gasteiger partial charge is 0.416 e. The predicted molar refractivity (Wildman–Crippen MR) is 87.1 cm³/mol. The van der Waals surface area contributed by atoms with Crippen LogP contribution in [0.3, 0.4) is 0 Å². The summed E-state index contributed by atoms with van der Waals surface area (Å²) in [6, 6.07) is 11.0. The van der Waals surface area contributed by atoms with Gasteiger partial charge in [-0.1, -0.05) is 30.3 Å². The van der Waals surface area contributed by atoms with Crippen molar-refractivity contribution in [3.63, 3.8) is 0 Å². The molecule has 4 heteroatoms. The fourth-order valence-corrected chi connectivity index (χ4v) is 3.46. The zero-order chi connectivity index (χ0) is 17.3. The van der Waals surface area contributed by atoms with E-state index >= 15 is 0 Å². The number of Topliss-reactive ketones (excluding diaryl/α,β-unsaturated/α-hetero) is 1. The van der Waals surface area contributed by atoms with E-state index in [4.69, 9.17) is 0 Å². The summed E-state index contributed by atoms with van der Waals surface area (Å²) in [5.74, 6) is -0.579. The number of halogens is 3. The summed E-state index contributed by atoms with van der Waals surface area (Å²) in [6.07, 6.45) is 0.0143. The standard InChI is InChI=1S/C20H19F3O/c1-13(24)19(15-8-10-18(11-9-15)20(21,22)23)17-7-6-14-4-2-3-5-16(14)12-17/h6-12,19H,2-5H2,1H3. The molecule has 0 saturated carbocycles. The highest BCUT2D eigenvalue weighted by molar-refractivity contribution is 5.87. The first kappa shape index (κ1) is 16.7. The Morgan fingerprint density at radius 3 is 2.08 bits per heavy atom. The van der Waals surface area contributed by atoms with Crippen molar-refractivity contribution < 1.29 is 18.0 Å². The summed E-state index contributed by atoms with van der Waals surface area (Å²) >= 11 is 0.